The number of benzene rings is 1. The molecule has 0 bridgehead atoms. The number of carbonyl (C=O) groups excluding carboxylic acids is 1. The van der Waals surface area contributed by atoms with Gasteiger partial charge in [0.2, 0.25) is 0 Å². The van der Waals surface area contributed by atoms with Crippen molar-refractivity contribution >= 4 is 5.91 Å². The van der Waals surface area contributed by atoms with Crippen LogP contribution in [0.3, 0.4) is 0 Å². The Morgan fingerprint density at radius 3 is 2.70 bits per heavy atom. The third-order valence-electron chi connectivity index (χ3n) is 3.82. The third kappa shape index (κ3) is 3.70. The van der Waals surface area contributed by atoms with Gasteiger partial charge in [0.25, 0.3) is 5.91 Å². The maximum Gasteiger partial charge on any atom is 0.260 e. The van der Waals surface area contributed by atoms with Crippen LogP contribution in [0, 0.1) is 11.7 Å². The lowest BCUT2D eigenvalue weighted by atomic mass is 9.91. The van der Waals surface area contributed by atoms with Gasteiger partial charge in [0.05, 0.1) is 0 Å². The summed E-state index contributed by atoms with van der Waals surface area (Å²) in [5.74, 6) is 0.0465. The van der Waals surface area contributed by atoms with Gasteiger partial charge in [0.1, 0.15) is 0 Å². The number of para-hydroxylation sites is 1. The summed E-state index contributed by atoms with van der Waals surface area (Å²) in [6.45, 7) is 3.28. The van der Waals surface area contributed by atoms with E-state index < -0.39 is 5.82 Å². The van der Waals surface area contributed by atoms with Crippen molar-refractivity contribution in [3.8, 4) is 5.75 Å². The fraction of sp³-hybridized carbons (Fsp3) is 0.533. The van der Waals surface area contributed by atoms with Gasteiger partial charge < -0.3 is 15.4 Å². The average molecular weight is 280 g/mol. The van der Waals surface area contributed by atoms with Crippen molar-refractivity contribution in [3.63, 3.8) is 0 Å². The molecule has 5 heteroatoms. The summed E-state index contributed by atoms with van der Waals surface area (Å²) in [5, 5.41) is 0. The second kappa shape index (κ2) is 6.70. The fourth-order valence-corrected chi connectivity index (χ4v) is 2.47. The van der Waals surface area contributed by atoms with Gasteiger partial charge in [-0.25, -0.2) is 4.39 Å². The standard InChI is InChI=1S/C15H21FN2O2/c1-11(17)12-6-8-18(9-7-12)15(19)10-20-14-5-3-2-4-13(14)16/h2-5,11-12H,6-10,17H2,1H3. The number of likely N-dealkylation sites (tertiary alicyclic amines) is 1. The summed E-state index contributed by atoms with van der Waals surface area (Å²) in [4.78, 5) is 13.8. The summed E-state index contributed by atoms with van der Waals surface area (Å²) >= 11 is 0. The molecule has 0 saturated carbocycles. The number of rotatable bonds is 4. The lowest BCUT2D eigenvalue weighted by molar-refractivity contribution is -0.134. The Balaban J connectivity index is 1.80. The van der Waals surface area contributed by atoms with Gasteiger partial charge in [-0.1, -0.05) is 12.1 Å². The Morgan fingerprint density at radius 1 is 1.45 bits per heavy atom. The van der Waals surface area contributed by atoms with Crippen molar-refractivity contribution in [2.24, 2.45) is 11.7 Å². The van der Waals surface area contributed by atoms with Crippen LogP contribution in [0.2, 0.25) is 0 Å². The molecular formula is C15H21FN2O2. The van der Waals surface area contributed by atoms with Gasteiger partial charge in [0, 0.05) is 19.1 Å². The molecule has 0 aliphatic carbocycles. The SMILES string of the molecule is CC(N)C1CCN(C(=O)COc2ccccc2F)CC1. The summed E-state index contributed by atoms with van der Waals surface area (Å²) < 4.78 is 18.6. The number of carbonyl (C=O) groups is 1. The quantitative estimate of drug-likeness (QED) is 0.915. The van der Waals surface area contributed by atoms with E-state index in [2.05, 4.69) is 0 Å². The topological polar surface area (TPSA) is 55.6 Å². The Hall–Kier alpha value is -1.62. The van der Waals surface area contributed by atoms with E-state index in [4.69, 9.17) is 10.5 Å². The smallest absolute Gasteiger partial charge is 0.260 e. The summed E-state index contributed by atoms with van der Waals surface area (Å²) in [6, 6.07) is 6.26. The van der Waals surface area contributed by atoms with Crippen LogP contribution < -0.4 is 10.5 Å². The molecule has 2 N–H and O–H groups in total. The minimum atomic E-state index is -0.448. The first kappa shape index (κ1) is 14.8. The molecule has 1 amide bonds. The minimum Gasteiger partial charge on any atom is -0.481 e. The van der Waals surface area contributed by atoms with Crippen LogP contribution in [0.4, 0.5) is 4.39 Å². The van der Waals surface area contributed by atoms with Crippen molar-refractivity contribution in [2.45, 2.75) is 25.8 Å². The van der Waals surface area contributed by atoms with Gasteiger partial charge in [0.15, 0.2) is 18.2 Å². The van der Waals surface area contributed by atoms with Crippen molar-refractivity contribution < 1.29 is 13.9 Å². The van der Waals surface area contributed by atoms with Crippen LogP contribution >= 0.6 is 0 Å². The molecule has 1 atom stereocenters. The maximum absolute atomic E-state index is 13.4. The molecule has 1 aromatic carbocycles. The molecule has 0 radical (unpaired) electrons. The minimum absolute atomic E-state index is 0.101. The molecule has 2 rings (SSSR count). The Kier molecular flexibility index (Phi) is 4.95. The van der Waals surface area contributed by atoms with Crippen LogP contribution in [-0.2, 0) is 4.79 Å². The van der Waals surface area contributed by atoms with Gasteiger partial charge in [-0.3, -0.25) is 4.79 Å². The Morgan fingerprint density at radius 2 is 2.10 bits per heavy atom. The highest BCUT2D eigenvalue weighted by atomic mass is 19.1. The van der Waals surface area contributed by atoms with Gasteiger partial charge in [-0.2, -0.15) is 0 Å². The number of nitrogens with zero attached hydrogens (tertiary/aromatic N) is 1. The number of amides is 1. The molecule has 1 aliphatic rings. The fourth-order valence-electron chi connectivity index (χ4n) is 2.47. The van der Waals surface area contributed by atoms with Crippen molar-refractivity contribution in [2.75, 3.05) is 19.7 Å². The predicted octanol–water partition coefficient (Wildman–Crippen LogP) is 1.79. The molecule has 1 saturated heterocycles. The second-order valence-electron chi connectivity index (χ2n) is 5.30. The van der Waals surface area contributed by atoms with Crippen LogP contribution in [-0.4, -0.2) is 36.5 Å². The van der Waals surface area contributed by atoms with Crippen LogP contribution in [0.5, 0.6) is 5.75 Å². The van der Waals surface area contributed by atoms with E-state index >= 15 is 0 Å². The Labute approximate surface area is 118 Å². The first-order valence-electron chi connectivity index (χ1n) is 6.98. The van der Waals surface area contributed by atoms with E-state index in [9.17, 15) is 9.18 Å². The van der Waals surface area contributed by atoms with Crippen molar-refractivity contribution in [1.29, 1.82) is 0 Å². The monoisotopic (exact) mass is 280 g/mol. The second-order valence-corrected chi connectivity index (χ2v) is 5.30. The third-order valence-corrected chi connectivity index (χ3v) is 3.82. The van der Waals surface area contributed by atoms with E-state index in [-0.39, 0.29) is 24.3 Å². The van der Waals surface area contributed by atoms with E-state index in [1.807, 2.05) is 6.92 Å². The Bertz CT molecular complexity index is 457. The lowest BCUT2D eigenvalue weighted by Gasteiger charge is -2.33. The highest BCUT2D eigenvalue weighted by Crippen LogP contribution is 2.20. The molecule has 1 aliphatic heterocycles. The van der Waals surface area contributed by atoms with Crippen LogP contribution in [0.15, 0.2) is 24.3 Å². The predicted molar refractivity (Wildman–Crippen MR) is 74.8 cm³/mol. The molecule has 0 spiro atoms. The number of piperidine rings is 1. The molecule has 0 aromatic heterocycles. The molecule has 20 heavy (non-hydrogen) atoms. The molecule has 1 unspecified atom stereocenters. The summed E-state index contributed by atoms with van der Waals surface area (Å²) in [7, 11) is 0. The molecule has 1 aromatic rings. The first-order chi connectivity index (χ1) is 9.58. The van der Waals surface area contributed by atoms with E-state index in [1.165, 1.54) is 12.1 Å². The van der Waals surface area contributed by atoms with Gasteiger partial charge in [-0.05, 0) is 37.8 Å². The highest BCUT2D eigenvalue weighted by Gasteiger charge is 2.25. The molecule has 4 nitrogen and oxygen atoms in total. The van der Waals surface area contributed by atoms with Gasteiger partial charge >= 0.3 is 0 Å². The van der Waals surface area contributed by atoms with E-state index in [0.717, 1.165) is 12.8 Å². The zero-order valence-electron chi connectivity index (χ0n) is 11.7. The number of nitrogens with two attached hydrogens (primary N) is 1. The highest BCUT2D eigenvalue weighted by molar-refractivity contribution is 5.77. The summed E-state index contributed by atoms with van der Waals surface area (Å²) in [6.07, 6.45) is 1.84. The van der Waals surface area contributed by atoms with Crippen molar-refractivity contribution in [3.05, 3.63) is 30.1 Å². The lowest BCUT2D eigenvalue weighted by Crippen LogP contribution is -2.44. The molecule has 1 fully saturated rings. The van der Waals surface area contributed by atoms with E-state index in [1.54, 1.807) is 17.0 Å². The molecule has 110 valence electrons. The molecular weight excluding hydrogens is 259 g/mol. The molecule has 1 heterocycles. The number of ether oxygens (including phenoxy) is 1. The maximum atomic E-state index is 13.4. The first-order valence-corrected chi connectivity index (χ1v) is 6.98. The van der Waals surface area contributed by atoms with Crippen LogP contribution in [0.1, 0.15) is 19.8 Å². The van der Waals surface area contributed by atoms with Crippen molar-refractivity contribution in [1.82, 2.24) is 4.90 Å². The summed E-state index contributed by atoms with van der Waals surface area (Å²) in [5.41, 5.74) is 5.87. The van der Waals surface area contributed by atoms with E-state index in [0.29, 0.717) is 19.0 Å². The average Bonchev–Trinajstić information content (AvgIpc) is 2.46. The van der Waals surface area contributed by atoms with Gasteiger partial charge in [-0.15, -0.1) is 0 Å². The number of hydrogen-bond acceptors (Lipinski definition) is 3. The van der Waals surface area contributed by atoms with Crippen LogP contribution in [0.25, 0.3) is 0 Å². The zero-order chi connectivity index (χ0) is 14.5. The normalized spacial score (nSPS) is 17.9. The largest absolute Gasteiger partial charge is 0.481 e. The zero-order valence-corrected chi connectivity index (χ0v) is 11.7. The number of hydrogen-bond donors (Lipinski definition) is 1. The number of halogens is 1.